The minimum Gasteiger partial charge on any atom is -0.443 e. The van der Waals surface area contributed by atoms with E-state index in [0.29, 0.717) is 10.6 Å². The highest BCUT2D eigenvalue weighted by molar-refractivity contribution is 6.33. The largest absolute Gasteiger partial charge is 0.443 e. The van der Waals surface area contributed by atoms with E-state index in [9.17, 15) is 9.18 Å². The Hall–Kier alpha value is -3.45. The number of nitrogens with one attached hydrogen (secondary N) is 1. The lowest BCUT2D eigenvalue weighted by Gasteiger charge is -2.03. The molecule has 0 saturated carbocycles. The van der Waals surface area contributed by atoms with Crippen LogP contribution in [0.3, 0.4) is 0 Å². The summed E-state index contributed by atoms with van der Waals surface area (Å²) in [6.45, 7) is 0. The molecule has 0 fully saturated rings. The maximum Gasteiger partial charge on any atom is 0.279 e. The third-order valence-electron chi connectivity index (χ3n) is 3.79. The highest BCUT2D eigenvalue weighted by Crippen LogP contribution is 2.30. The third kappa shape index (κ3) is 3.32. The van der Waals surface area contributed by atoms with Gasteiger partial charge < -0.3 is 14.3 Å². The van der Waals surface area contributed by atoms with Gasteiger partial charge in [0.15, 0.2) is 29.4 Å². The molecule has 2 aromatic carbocycles. The Morgan fingerprint density at radius 3 is 2.59 bits per heavy atom. The third-order valence-corrected chi connectivity index (χ3v) is 4.12. The summed E-state index contributed by atoms with van der Waals surface area (Å²) in [7, 11) is 0. The van der Waals surface area contributed by atoms with Crippen LogP contribution in [0.15, 0.2) is 69.9 Å². The molecule has 134 valence electrons. The van der Waals surface area contributed by atoms with Gasteiger partial charge in [0, 0.05) is 11.6 Å². The summed E-state index contributed by atoms with van der Waals surface area (Å²) in [6.07, 6.45) is 1.15. The van der Waals surface area contributed by atoms with Crippen molar-refractivity contribution in [2.45, 2.75) is 0 Å². The van der Waals surface area contributed by atoms with Crippen LogP contribution in [0.4, 0.5) is 10.2 Å². The smallest absolute Gasteiger partial charge is 0.279 e. The second-order valence-electron chi connectivity index (χ2n) is 5.52. The van der Waals surface area contributed by atoms with Crippen molar-refractivity contribution in [3.05, 3.63) is 77.5 Å². The first kappa shape index (κ1) is 17.0. The first-order chi connectivity index (χ1) is 13.1. The van der Waals surface area contributed by atoms with E-state index in [1.807, 2.05) is 0 Å². The lowest BCUT2D eigenvalue weighted by atomic mass is 10.1. The van der Waals surface area contributed by atoms with E-state index in [1.54, 1.807) is 42.5 Å². The molecule has 8 heteroatoms. The van der Waals surface area contributed by atoms with Gasteiger partial charge in [0.25, 0.3) is 5.91 Å². The number of benzene rings is 2. The number of hydrogen-bond donors (Lipinski definition) is 1. The van der Waals surface area contributed by atoms with Crippen LogP contribution in [0, 0.1) is 5.82 Å². The lowest BCUT2D eigenvalue weighted by Crippen LogP contribution is -2.13. The molecule has 2 heterocycles. The summed E-state index contributed by atoms with van der Waals surface area (Å²) >= 11 is 6.16. The number of aromatic nitrogens is 2. The lowest BCUT2D eigenvalue weighted by molar-refractivity contribution is 0.102. The fourth-order valence-corrected chi connectivity index (χ4v) is 2.76. The zero-order valence-corrected chi connectivity index (χ0v) is 14.4. The van der Waals surface area contributed by atoms with Gasteiger partial charge in [-0.1, -0.05) is 41.0 Å². The Morgan fingerprint density at radius 2 is 1.81 bits per heavy atom. The van der Waals surface area contributed by atoms with Crippen molar-refractivity contribution < 1.29 is 18.1 Å². The molecular formula is C19H11ClFN3O3. The Morgan fingerprint density at radius 1 is 1.07 bits per heavy atom. The Bertz CT molecular complexity index is 1120. The standard InChI is InChI=1S/C19H11ClFN3O3/c20-13-7-3-1-5-11(13)18-17(22-10-26-18)19(25)23-16-9-15(27-24-16)12-6-2-4-8-14(12)21/h1-10H,(H,23,24,25). The monoisotopic (exact) mass is 383 g/mol. The fraction of sp³-hybridized carbons (Fsp3) is 0. The number of rotatable bonds is 4. The first-order valence-corrected chi connectivity index (χ1v) is 8.22. The van der Waals surface area contributed by atoms with Gasteiger partial charge >= 0.3 is 0 Å². The van der Waals surface area contributed by atoms with Crippen LogP contribution in [-0.2, 0) is 0 Å². The number of halogens is 2. The molecule has 4 aromatic rings. The summed E-state index contributed by atoms with van der Waals surface area (Å²) in [6, 6.07) is 14.4. The summed E-state index contributed by atoms with van der Waals surface area (Å²) in [5.41, 5.74) is 0.816. The fourth-order valence-electron chi connectivity index (χ4n) is 2.54. The molecule has 0 spiro atoms. The SMILES string of the molecule is O=C(Nc1cc(-c2ccccc2F)on1)c1ncoc1-c1ccccc1Cl. The van der Waals surface area contributed by atoms with Crippen LogP contribution in [-0.4, -0.2) is 16.0 Å². The van der Waals surface area contributed by atoms with Crippen molar-refractivity contribution in [1.29, 1.82) is 0 Å². The Kier molecular flexibility index (Phi) is 4.43. The van der Waals surface area contributed by atoms with Crippen LogP contribution in [0.25, 0.3) is 22.6 Å². The molecule has 0 aliphatic heterocycles. The summed E-state index contributed by atoms with van der Waals surface area (Å²) < 4.78 is 24.3. The molecule has 0 unspecified atom stereocenters. The number of carbonyl (C=O) groups is 1. The Labute approximate surface area is 157 Å². The van der Waals surface area contributed by atoms with E-state index in [2.05, 4.69) is 15.5 Å². The minimum atomic E-state index is -0.563. The molecule has 0 radical (unpaired) electrons. The first-order valence-electron chi connectivity index (χ1n) is 7.85. The van der Waals surface area contributed by atoms with Gasteiger partial charge in [-0.3, -0.25) is 4.79 Å². The molecule has 0 aliphatic rings. The summed E-state index contributed by atoms with van der Waals surface area (Å²) in [5.74, 6) is -0.478. The average Bonchev–Trinajstić information content (AvgIpc) is 3.32. The summed E-state index contributed by atoms with van der Waals surface area (Å²) in [5, 5.41) is 6.72. The average molecular weight is 384 g/mol. The van der Waals surface area contributed by atoms with Crippen LogP contribution < -0.4 is 5.32 Å². The normalized spacial score (nSPS) is 10.7. The minimum absolute atomic E-state index is 0.0403. The zero-order valence-electron chi connectivity index (χ0n) is 13.6. The number of anilines is 1. The topological polar surface area (TPSA) is 81.2 Å². The van der Waals surface area contributed by atoms with E-state index in [0.717, 1.165) is 6.39 Å². The van der Waals surface area contributed by atoms with E-state index in [4.69, 9.17) is 20.5 Å². The molecule has 0 aliphatic carbocycles. The van der Waals surface area contributed by atoms with E-state index in [-0.39, 0.29) is 28.6 Å². The molecule has 27 heavy (non-hydrogen) atoms. The van der Waals surface area contributed by atoms with Gasteiger partial charge in [-0.25, -0.2) is 9.37 Å². The molecule has 2 aromatic heterocycles. The van der Waals surface area contributed by atoms with Gasteiger partial charge in [0.05, 0.1) is 10.6 Å². The highest BCUT2D eigenvalue weighted by Gasteiger charge is 2.21. The van der Waals surface area contributed by atoms with Crippen LogP contribution in [0.2, 0.25) is 5.02 Å². The Balaban J connectivity index is 1.59. The van der Waals surface area contributed by atoms with Crippen molar-refractivity contribution in [1.82, 2.24) is 10.1 Å². The number of oxazole rings is 1. The molecule has 0 atom stereocenters. The number of amides is 1. The molecule has 4 rings (SSSR count). The second kappa shape index (κ2) is 7.05. The van der Waals surface area contributed by atoms with E-state index >= 15 is 0 Å². The molecule has 6 nitrogen and oxygen atoms in total. The van der Waals surface area contributed by atoms with Crippen molar-refractivity contribution in [3.63, 3.8) is 0 Å². The molecule has 1 N–H and O–H groups in total. The van der Waals surface area contributed by atoms with Gasteiger partial charge in [-0.2, -0.15) is 0 Å². The predicted molar refractivity (Wildman–Crippen MR) is 96.8 cm³/mol. The van der Waals surface area contributed by atoms with Gasteiger partial charge in [0.1, 0.15) is 5.82 Å². The van der Waals surface area contributed by atoms with Gasteiger partial charge in [0.2, 0.25) is 0 Å². The van der Waals surface area contributed by atoms with Crippen molar-refractivity contribution in [2.75, 3.05) is 5.32 Å². The van der Waals surface area contributed by atoms with Crippen molar-refractivity contribution in [2.24, 2.45) is 0 Å². The van der Waals surface area contributed by atoms with E-state index < -0.39 is 11.7 Å². The maximum atomic E-state index is 13.8. The van der Waals surface area contributed by atoms with Gasteiger partial charge in [-0.15, -0.1) is 0 Å². The predicted octanol–water partition coefficient (Wildman–Crippen LogP) is 5.04. The summed E-state index contributed by atoms with van der Waals surface area (Å²) in [4.78, 5) is 16.5. The molecule has 0 saturated heterocycles. The number of carbonyl (C=O) groups excluding carboxylic acids is 1. The number of nitrogens with zero attached hydrogens (tertiary/aromatic N) is 2. The number of hydrogen-bond acceptors (Lipinski definition) is 5. The zero-order chi connectivity index (χ0) is 18.8. The van der Waals surface area contributed by atoms with Crippen LogP contribution in [0.1, 0.15) is 10.5 Å². The van der Waals surface area contributed by atoms with Crippen LogP contribution in [0.5, 0.6) is 0 Å². The van der Waals surface area contributed by atoms with E-state index in [1.165, 1.54) is 12.1 Å². The quantitative estimate of drug-likeness (QED) is 0.533. The maximum absolute atomic E-state index is 13.8. The molecular weight excluding hydrogens is 373 g/mol. The van der Waals surface area contributed by atoms with Crippen LogP contribution >= 0.6 is 11.6 Å². The van der Waals surface area contributed by atoms with Crippen molar-refractivity contribution >= 4 is 23.3 Å². The van der Waals surface area contributed by atoms with Crippen molar-refractivity contribution in [3.8, 4) is 22.6 Å². The molecule has 1 amide bonds. The highest BCUT2D eigenvalue weighted by atomic mass is 35.5. The second-order valence-corrected chi connectivity index (χ2v) is 5.93. The molecule has 0 bridgehead atoms. The van der Waals surface area contributed by atoms with Gasteiger partial charge in [-0.05, 0) is 24.3 Å².